The van der Waals surface area contributed by atoms with Crippen molar-refractivity contribution in [1.82, 2.24) is 0 Å². The monoisotopic (exact) mass is 296 g/mol. The Kier molecular flexibility index (Phi) is 10.2. The van der Waals surface area contributed by atoms with Crippen molar-refractivity contribution in [2.45, 2.75) is 96.2 Å². The third-order valence-electron chi connectivity index (χ3n) is 4.05. The molecule has 0 bridgehead atoms. The molecule has 21 heavy (non-hydrogen) atoms. The van der Waals surface area contributed by atoms with Crippen LogP contribution in [-0.2, 0) is 9.53 Å². The summed E-state index contributed by atoms with van der Waals surface area (Å²) in [6, 6.07) is 0. The SMILES string of the molecule is CCCCCCCCCC/C=C/C1OC1CCCC(=O)O. The van der Waals surface area contributed by atoms with Crippen molar-refractivity contribution in [1.29, 1.82) is 0 Å². The average Bonchev–Trinajstić information content (AvgIpc) is 3.19. The van der Waals surface area contributed by atoms with Gasteiger partial charge in [-0.2, -0.15) is 0 Å². The molecular weight excluding hydrogens is 264 g/mol. The molecule has 2 atom stereocenters. The predicted octanol–water partition coefficient (Wildman–Crippen LogP) is 5.10. The molecule has 1 rings (SSSR count). The van der Waals surface area contributed by atoms with Gasteiger partial charge in [0, 0.05) is 6.42 Å². The van der Waals surface area contributed by atoms with E-state index >= 15 is 0 Å². The molecule has 1 N–H and O–H groups in total. The van der Waals surface area contributed by atoms with Gasteiger partial charge in [-0.25, -0.2) is 0 Å². The van der Waals surface area contributed by atoms with Crippen molar-refractivity contribution in [3.05, 3.63) is 12.2 Å². The van der Waals surface area contributed by atoms with Crippen LogP contribution >= 0.6 is 0 Å². The number of epoxide rings is 1. The van der Waals surface area contributed by atoms with E-state index in [1.807, 2.05) is 0 Å². The van der Waals surface area contributed by atoms with E-state index in [1.54, 1.807) is 0 Å². The van der Waals surface area contributed by atoms with Gasteiger partial charge in [-0.3, -0.25) is 4.79 Å². The highest BCUT2D eigenvalue weighted by molar-refractivity contribution is 5.66. The van der Waals surface area contributed by atoms with E-state index in [4.69, 9.17) is 9.84 Å². The van der Waals surface area contributed by atoms with Gasteiger partial charge in [0.05, 0.1) is 6.10 Å². The summed E-state index contributed by atoms with van der Waals surface area (Å²) in [5.41, 5.74) is 0. The largest absolute Gasteiger partial charge is 0.481 e. The van der Waals surface area contributed by atoms with Crippen molar-refractivity contribution in [2.75, 3.05) is 0 Å². The molecule has 0 radical (unpaired) electrons. The van der Waals surface area contributed by atoms with E-state index in [0.717, 1.165) is 19.3 Å². The maximum absolute atomic E-state index is 10.4. The predicted molar refractivity (Wildman–Crippen MR) is 86.5 cm³/mol. The number of aliphatic carboxylic acids is 1. The van der Waals surface area contributed by atoms with Crippen molar-refractivity contribution in [3.63, 3.8) is 0 Å². The second kappa shape index (κ2) is 11.8. The third kappa shape index (κ3) is 10.5. The van der Waals surface area contributed by atoms with Crippen molar-refractivity contribution in [3.8, 4) is 0 Å². The Labute approximate surface area is 129 Å². The van der Waals surface area contributed by atoms with E-state index in [9.17, 15) is 4.79 Å². The van der Waals surface area contributed by atoms with Crippen LogP contribution in [0.15, 0.2) is 12.2 Å². The van der Waals surface area contributed by atoms with Crippen LogP contribution in [0.25, 0.3) is 0 Å². The molecule has 1 saturated heterocycles. The lowest BCUT2D eigenvalue weighted by Crippen LogP contribution is -1.97. The van der Waals surface area contributed by atoms with Gasteiger partial charge in [-0.05, 0) is 25.7 Å². The summed E-state index contributed by atoms with van der Waals surface area (Å²) in [5, 5.41) is 8.56. The molecule has 122 valence electrons. The van der Waals surface area contributed by atoms with Crippen LogP contribution in [0.4, 0.5) is 0 Å². The lowest BCUT2D eigenvalue weighted by molar-refractivity contribution is -0.137. The maximum atomic E-state index is 10.4. The van der Waals surface area contributed by atoms with E-state index in [-0.39, 0.29) is 18.6 Å². The van der Waals surface area contributed by atoms with E-state index in [1.165, 1.54) is 51.4 Å². The van der Waals surface area contributed by atoms with Crippen LogP contribution in [0.3, 0.4) is 0 Å². The minimum atomic E-state index is -0.711. The Morgan fingerprint density at radius 2 is 1.71 bits per heavy atom. The summed E-state index contributed by atoms with van der Waals surface area (Å²) >= 11 is 0. The average molecular weight is 296 g/mol. The first-order valence-corrected chi connectivity index (χ1v) is 8.78. The topological polar surface area (TPSA) is 49.8 Å². The van der Waals surface area contributed by atoms with E-state index in [2.05, 4.69) is 19.1 Å². The van der Waals surface area contributed by atoms with Gasteiger partial charge in [-0.1, -0.05) is 64.0 Å². The van der Waals surface area contributed by atoms with Crippen LogP contribution in [0.2, 0.25) is 0 Å². The molecule has 2 unspecified atom stereocenters. The summed E-state index contributed by atoms with van der Waals surface area (Å²) in [5.74, 6) is -0.711. The van der Waals surface area contributed by atoms with Crippen molar-refractivity contribution >= 4 is 5.97 Å². The Morgan fingerprint density at radius 1 is 1.05 bits per heavy atom. The zero-order valence-corrected chi connectivity index (χ0v) is 13.6. The van der Waals surface area contributed by atoms with Gasteiger partial charge >= 0.3 is 5.97 Å². The van der Waals surface area contributed by atoms with Crippen molar-refractivity contribution in [2.24, 2.45) is 0 Å². The first kappa shape index (κ1) is 18.2. The fourth-order valence-electron chi connectivity index (χ4n) is 2.64. The minimum Gasteiger partial charge on any atom is -0.481 e. The van der Waals surface area contributed by atoms with E-state index in [0.29, 0.717) is 0 Å². The normalized spacial score (nSPS) is 21.0. The highest BCUT2D eigenvalue weighted by atomic mass is 16.6. The molecule has 0 aromatic carbocycles. The lowest BCUT2D eigenvalue weighted by atomic mass is 10.1. The number of carboxylic acid groups (broad SMARTS) is 1. The molecule has 3 heteroatoms. The first-order valence-electron chi connectivity index (χ1n) is 8.78. The van der Waals surface area contributed by atoms with Crippen LogP contribution in [0, 0.1) is 0 Å². The Hall–Kier alpha value is -0.830. The summed E-state index contributed by atoms with van der Waals surface area (Å²) in [6.45, 7) is 2.26. The van der Waals surface area contributed by atoms with Crippen LogP contribution < -0.4 is 0 Å². The maximum Gasteiger partial charge on any atom is 0.303 e. The second-order valence-electron chi connectivity index (χ2n) is 6.12. The van der Waals surface area contributed by atoms with Crippen LogP contribution in [0.5, 0.6) is 0 Å². The summed E-state index contributed by atoms with van der Waals surface area (Å²) < 4.78 is 5.50. The number of ether oxygens (including phenoxy) is 1. The minimum absolute atomic E-state index is 0.257. The molecule has 0 saturated carbocycles. The van der Waals surface area contributed by atoms with Gasteiger partial charge in [0.2, 0.25) is 0 Å². The number of hydrogen-bond acceptors (Lipinski definition) is 2. The molecule has 1 aliphatic rings. The number of rotatable bonds is 14. The fourth-order valence-corrected chi connectivity index (χ4v) is 2.64. The molecule has 3 nitrogen and oxygen atoms in total. The highest BCUT2D eigenvalue weighted by Gasteiger charge is 2.35. The number of carboxylic acids is 1. The Bertz CT molecular complexity index is 299. The molecule has 0 aromatic heterocycles. The quantitative estimate of drug-likeness (QED) is 0.276. The molecule has 0 spiro atoms. The standard InChI is InChI=1S/C18H32O3/c1-2-3-4-5-6-7-8-9-10-11-13-16-17(21-16)14-12-15-18(19)20/h11,13,16-17H,2-10,12,14-15H2,1H3,(H,19,20)/b13-11+. The number of unbranched alkanes of at least 4 members (excludes halogenated alkanes) is 8. The smallest absolute Gasteiger partial charge is 0.303 e. The van der Waals surface area contributed by atoms with Crippen LogP contribution in [0.1, 0.15) is 84.0 Å². The molecule has 1 heterocycles. The number of allylic oxidation sites excluding steroid dienone is 1. The summed E-state index contributed by atoms with van der Waals surface area (Å²) in [7, 11) is 0. The second-order valence-corrected chi connectivity index (χ2v) is 6.12. The van der Waals surface area contributed by atoms with Gasteiger partial charge in [0.25, 0.3) is 0 Å². The van der Waals surface area contributed by atoms with Gasteiger partial charge in [0.15, 0.2) is 0 Å². The summed E-state index contributed by atoms with van der Waals surface area (Å²) in [6.07, 6.45) is 18.8. The highest BCUT2D eigenvalue weighted by Crippen LogP contribution is 2.28. The molecular formula is C18H32O3. The fraction of sp³-hybridized carbons (Fsp3) is 0.833. The Balaban J connectivity index is 1.82. The van der Waals surface area contributed by atoms with Gasteiger partial charge in [-0.15, -0.1) is 0 Å². The lowest BCUT2D eigenvalue weighted by Gasteiger charge is -1.99. The van der Waals surface area contributed by atoms with E-state index < -0.39 is 5.97 Å². The molecule has 1 fully saturated rings. The molecule has 0 aliphatic carbocycles. The van der Waals surface area contributed by atoms with Gasteiger partial charge in [0.1, 0.15) is 6.10 Å². The first-order chi connectivity index (χ1) is 10.2. The zero-order chi connectivity index (χ0) is 15.3. The zero-order valence-electron chi connectivity index (χ0n) is 13.6. The number of carbonyl (C=O) groups is 1. The third-order valence-corrected chi connectivity index (χ3v) is 4.05. The summed E-state index contributed by atoms with van der Waals surface area (Å²) in [4.78, 5) is 10.4. The number of hydrogen-bond donors (Lipinski definition) is 1. The molecule has 0 aromatic rings. The van der Waals surface area contributed by atoms with Crippen LogP contribution in [-0.4, -0.2) is 23.3 Å². The molecule has 1 aliphatic heterocycles. The van der Waals surface area contributed by atoms with Crippen molar-refractivity contribution < 1.29 is 14.6 Å². The Morgan fingerprint density at radius 3 is 2.38 bits per heavy atom. The molecule has 0 amide bonds. The van der Waals surface area contributed by atoms with Gasteiger partial charge < -0.3 is 9.84 Å².